The number of esters is 1. The Morgan fingerprint density at radius 1 is 1.82 bits per heavy atom. The van der Waals surface area contributed by atoms with Gasteiger partial charge in [-0.1, -0.05) is 0 Å². The summed E-state index contributed by atoms with van der Waals surface area (Å²) >= 11 is 0. The molecule has 0 bridgehead atoms. The lowest BCUT2D eigenvalue weighted by Crippen LogP contribution is -2.41. The van der Waals surface area contributed by atoms with Crippen molar-refractivity contribution in [1.82, 2.24) is 5.32 Å². The number of ether oxygens (including phenoxy) is 1. The molecule has 1 fully saturated rings. The topological polar surface area (TPSA) is 64.3 Å². The first kappa shape index (κ1) is 8.49. The molecular weight excluding hydrogens is 144 g/mol. The molecule has 0 amide bonds. The minimum Gasteiger partial charge on any atom is -0.469 e. The summed E-state index contributed by atoms with van der Waals surface area (Å²) in [6.07, 6.45) is 0.788. The Balaban J connectivity index is 2.66. The number of rotatable bonds is 2. The molecule has 1 aliphatic rings. The van der Waals surface area contributed by atoms with Crippen LogP contribution in [0.5, 0.6) is 0 Å². The van der Waals surface area contributed by atoms with Crippen molar-refractivity contribution in [3.63, 3.8) is 0 Å². The third kappa shape index (κ3) is 1.36. The van der Waals surface area contributed by atoms with Crippen LogP contribution in [0, 0.1) is 5.41 Å². The number of nitrogens with two attached hydrogens (primary N) is 1. The van der Waals surface area contributed by atoms with E-state index in [1.165, 1.54) is 7.11 Å². The summed E-state index contributed by atoms with van der Waals surface area (Å²) in [7, 11) is 1.40. The summed E-state index contributed by atoms with van der Waals surface area (Å²) in [6.45, 7) is 1.87. The van der Waals surface area contributed by atoms with Crippen molar-refractivity contribution >= 4 is 5.97 Å². The van der Waals surface area contributed by atoms with Crippen molar-refractivity contribution in [2.75, 3.05) is 26.7 Å². The van der Waals surface area contributed by atoms with Gasteiger partial charge in [0.2, 0.25) is 0 Å². The molecule has 1 atom stereocenters. The van der Waals surface area contributed by atoms with Gasteiger partial charge >= 0.3 is 5.97 Å². The lowest BCUT2D eigenvalue weighted by Gasteiger charge is -2.22. The molecule has 0 unspecified atom stereocenters. The van der Waals surface area contributed by atoms with Crippen LogP contribution >= 0.6 is 0 Å². The predicted octanol–water partition coefficient (Wildman–Crippen LogP) is -0.902. The third-order valence-electron chi connectivity index (χ3n) is 2.25. The molecule has 64 valence electrons. The van der Waals surface area contributed by atoms with Gasteiger partial charge in [-0.3, -0.25) is 4.79 Å². The largest absolute Gasteiger partial charge is 0.469 e. The van der Waals surface area contributed by atoms with Gasteiger partial charge in [0.1, 0.15) is 0 Å². The molecule has 0 spiro atoms. The summed E-state index contributed by atoms with van der Waals surface area (Å²) in [5.74, 6) is -0.190. The van der Waals surface area contributed by atoms with E-state index in [0.29, 0.717) is 13.1 Å². The molecule has 11 heavy (non-hydrogen) atoms. The van der Waals surface area contributed by atoms with Gasteiger partial charge in [0, 0.05) is 13.1 Å². The highest BCUT2D eigenvalue weighted by atomic mass is 16.5. The van der Waals surface area contributed by atoms with Gasteiger partial charge in [0.15, 0.2) is 0 Å². The van der Waals surface area contributed by atoms with Crippen molar-refractivity contribution in [3.05, 3.63) is 0 Å². The van der Waals surface area contributed by atoms with Gasteiger partial charge in [-0.25, -0.2) is 0 Å². The fourth-order valence-corrected chi connectivity index (χ4v) is 1.39. The number of hydrogen-bond acceptors (Lipinski definition) is 4. The van der Waals surface area contributed by atoms with Gasteiger partial charge in [0.25, 0.3) is 0 Å². The minimum absolute atomic E-state index is 0.190. The first-order valence-electron chi connectivity index (χ1n) is 3.74. The highest BCUT2D eigenvalue weighted by molar-refractivity contribution is 5.77. The average Bonchev–Trinajstić information content (AvgIpc) is 2.52. The van der Waals surface area contributed by atoms with Crippen LogP contribution < -0.4 is 11.1 Å². The second-order valence-electron chi connectivity index (χ2n) is 2.90. The number of carbonyl (C=O) groups excluding carboxylic acids is 1. The van der Waals surface area contributed by atoms with Crippen LogP contribution in [0.4, 0.5) is 0 Å². The molecule has 1 heterocycles. The van der Waals surface area contributed by atoms with E-state index >= 15 is 0 Å². The van der Waals surface area contributed by atoms with E-state index in [1.807, 2.05) is 0 Å². The minimum atomic E-state index is -0.450. The molecular formula is C7H14N2O2. The first-order valence-corrected chi connectivity index (χ1v) is 3.74. The Hall–Kier alpha value is -0.610. The molecule has 0 saturated carbocycles. The Labute approximate surface area is 66.1 Å². The SMILES string of the molecule is COC(=O)[C@@]1(CN)CCNC1. The van der Waals surface area contributed by atoms with Gasteiger partial charge in [-0.15, -0.1) is 0 Å². The Kier molecular flexibility index (Phi) is 2.46. The van der Waals surface area contributed by atoms with E-state index in [0.717, 1.165) is 13.0 Å². The standard InChI is InChI=1S/C7H14N2O2/c1-11-6(10)7(4-8)2-3-9-5-7/h9H,2-5,8H2,1H3/t7-/m1/s1. The maximum absolute atomic E-state index is 11.2. The molecule has 1 rings (SSSR count). The second-order valence-corrected chi connectivity index (χ2v) is 2.90. The lowest BCUT2D eigenvalue weighted by atomic mass is 9.87. The molecule has 3 N–H and O–H groups in total. The highest BCUT2D eigenvalue weighted by Gasteiger charge is 2.40. The molecule has 4 nitrogen and oxygen atoms in total. The van der Waals surface area contributed by atoms with Crippen LogP contribution in [-0.4, -0.2) is 32.7 Å². The monoisotopic (exact) mass is 158 g/mol. The van der Waals surface area contributed by atoms with Gasteiger partial charge < -0.3 is 15.8 Å². The third-order valence-corrected chi connectivity index (χ3v) is 2.25. The van der Waals surface area contributed by atoms with E-state index in [9.17, 15) is 4.79 Å². The van der Waals surface area contributed by atoms with Crippen molar-refractivity contribution < 1.29 is 9.53 Å². The van der Waals surface area contributed by atoms with E-state index in [1.54, 1.807) is 0 Å². The fraction of sp³-hybridized carbons (Fsp3) is 0.857. The normalized spacial score (nSPS) is 30.4. The lowest BCUT2D eigenvalue weighted by molar-refractivity contribution is -0.151. The number of carbonyl (C=O) groups is 1. The van der Waals surface area contributed by atoms with Crippen molar-refractivity contribution in [2.24, 2.45) is 11.1 Å². The van der Waals surface area contributed by atoms with Crippen LogP contribution in [0.3, 0.4) is 0 Å². The Morgan fingerprint density at radius 3 is 2.91 bits per heavy atom. The Morgan fingerprint density at radius 2 is 2.55 bits per heavy atom. The number of hydrogen-bond donors (Lipinski definition) is 2. The number of nitrogens with one attached hydrogen (secondary N) is 1. The molecule has 0 aromatic heterocycles. The van der Waals surface area contributed by atoms with Gasteiger partial charge in [0.05, 0.1) is 12.5 Å². The van der Waals surface area contributed by atoms with Crippen LogP contribution in [0.15, 0.2) is 0 Å². The molecule has 1 aliphatic heterocycles. The van der Waals surface area contributed by atoms with Crippen LogP contribution in [0.1, 0.15) is 6.42 Å². The maximum atomic E-state index is 11.2. The summed E-state index contributed by atoms with van der Waals surface area (Å²) in [6, 6.07) is 0. The molecule has 0 aromatic carbocycles. The van der Waals surface area contributed by atoms with Crippen LogP contribution in [0.2, 0.25) is 0 Å². The zero-order chi connectivity index (χ0) is 8.32. The Bertz CT molecular complexity index is 153. The van der Waals surface area contributed by atoms with E-state index in [-0.39, 0.29) is 5.97 Å². The van der Waals surface area contributed by atoms with E-state index in [2.05, 4.69) is 10.1 Å². The maximum Gasteiger partial charge on any atom is 0.314 e. The van der Waals surface area contributed by atoms with Crippen LogP contribution in [0.25, 0.3) is 0 Å². The fourth-order valence-electron chi connectivity index (χ4n) is 1.39. The quantitative estimate of drug-likeness (QED) is 0.511. The summed E-state index contributed by atoms with van der Waals surface area (Å²) in [5, 5.41) is 3.10. The molecule has 0 aliphatic carbocycles. The zero-order valence-electron chi connectivity index (χ0n) is 6.72. The van der Waals surface area contributed by atoms with Crippen LogP contribution in [-0.2, 0) is 9.53 Å². The van der Waals surface area contributed by atoms with Crippen molar-refractivity contribution in [2.45, 2.75) is 6.42 Å². The van der Waals surface area contributed by atoms with Crippen molar-refractivity contribution in [3.8, 4) is 0 Å². The molecule has 0 radical (unpaired) electrons. The van der Waals surface area contributed by atoms with Gasteiger partial charge in [-0.05, 0) is 13.0 Å². The van der Waals surface area contributed by atoms with E-state index in [4.69, 9.17) is 5.73 Å². The predicted molar refractivity (Wildman–Crippen MR) is 41.0 cm³/mol. The summed E-state index contributed by atoms with van der Waals surface area (Å²) in [5.41, 5.74) is 5.05. The molecule has 4 heteroatoms. The second kappa shape index (κ2) is 3.19. The first-order chi connectivity index (χ1) is 5.25. The molecule has 0 aromatic rings. The highest BCUT2D eigenvalue weighted by Crippen LogP contribution is 2.24. The average molecular weight is 158 g/mol. The molecule has 1 saturated heterocycles. The van der Waals surface area contributed by atoms with E-state index < -0.39 is 5.41 Å². The summed E-state index contributed by atoms with van der Waals surface area (Å²) < 4.78 is 4.67. The number of methoxy groups -OCH3 is 1. The van der Waals surface area contributed by atoms with Crippen molar-refractivity contribution in [1.29, 1.82) is 0 Å². The van der Waals surface area contributed by atoms with Gasteiger partial charge in [-0.2, -0.15) is 0 Å². The smallest absolute Gasteiger partial charge is 0.314 e. The zero-order valence-corrected chi connectivity index (χ0v) is 6.72. The summed E-state index contributed by atoms with van der Waals surface area (Å²) in [4.78, 5) is 11.2.